The van der Waals surface area contributed by atoms with Crippen molar-refractivity contribution in [1.29, 1.82) is 0 Å². The fourth-order valence-corrected chi connectivity index (χ4v) is 1.92. The summed E-state index contributed by atoms with van der Waals surface area (Å²) in [5.74, 6) is 0.335. The summed E-state index contributed by atoms with van der Waals surface area (Å²) in [5, 5.41) is 0.688. The highest BCUT2D eigenvalue weighted by atomic mass is 79.9. The topological polar surface area (TPSA) is 35.5 Å². The Morgan fingerprint density at radius 2 is 2.00 bits per heavy atom. The van der Waals surface area contributed by atoms with Crippen molar-refractivity contribution in [3.63, 3.8) is 0 Å². The molecule has 0 saturated carbocycles. The van der Waals surface area contributed by atoms with Crippen molar-refractivity contribution in [3.05, 3.63) is 28.7 Å². The molecule has 1 rings (SSSR count). The number of rotatable bonds is 6. The number of hydrogen-bond acceptors (Lipinski definition) is 3. The zero-order valence-electron chi connectivity index (χ0n) is 9.49. The van der Waals surface area contributed by atoms with Gasteiger partial charge in [0.15, 0.2) is 6.10 Å². The SMILES string of the molecule is CCOC(=O)C(CCBr)Oc1ccc(Br)cc1. The van der Waals surface area contributed by atoms with E-state index in [2.05, 4.69) is 31.9 Å². The molecule has 3 nitrogen and oxygen atoms in total. The molecule has 0 aliphatic carbocycles. The highest BCUT2D eigenvalue weighted by molar-refractivity contribution is 9.10. The fourth-order valence-electron chi connectivity index (χ4n) is 1.24. The Hall–Kier alpha value is -0.550. The molecule has 1 aromatic carbocycles. The quantitative estimate of drug-likeness (QED) is 0.571. The molecule has 0 heterocycles. The number of alkyl halides is 1. The van der Waals surface area contributed by atoms with Crippen LogP contribution in [0.5, 0.6) is 5.75 Å². The van der Waals surface area contributed by atoms with Gasteiger partial charge in [-0.25, -0.2) is 4.79 Å². The highest BCUT2D eigenvalue weighted by Gasteiger charge is 2.20. The van der Waals surface area contributed by atoms with Crippen LogP contribution in [0.25, 0.3) is 0 Å². The molecule has 0 spiro atoms. The van der Waals surface area contributed by atoms with E-state index in [0.29, 0.717) is 24.1 Å². The molecular weight excluding hydrogens is 352 g/mol. The Bertz CT molecular complexity index is 351. The first-order valence-corrected chi connectivity index (χ1v) is 7.23. The van der Waals surface area contributed by atoms with Gasteiger partial charge in [0.1, 0.15) is 5.75 Å². The van der Waals surface area contributed by atoms with Crippen molar-refractivity contribution < 1.29 is 14.3 Å². The molecule has 0 aliphatic heterocycles. The summed E-state index contributed by atoms with van der Waals surface area (Å²) >= 11 is 6.64. The smallest absolute Gasteiger partial charge is 0.347 e. The Labute approximate surface area is 118 Å². The number of halogens is 2. The predicted octanol–water partition coefficient (Wildman–Crippen LogP) is 3.54. The van der Waals surface area contributed by atoms with E-state index >= 15 is 0 Å². The summed E-state index contributed by atoms with van der Waals surface area (Å²) < 4.78 is 11.5. The van der Waals surface area contributed by atoms with Crippen LogP contribution in [0.1, 0.15) is 13.3 Å². The maximum atomic E-state index is 11.6. The number of hydrogen-bond donors (Lipinski definition) is 0. The summed E-state index contributed by atoms with van der Waals surface area (Å²) in [4.78, 5) is 11.6. The number of ether oxygens (including phenoxy) is 2. The third kappa shape index (κ3) is 5.08. The summed E-state index contributed by atoms with van der Waals surface area (Å²) in [6, 6.07) is 7.35. The minimum atomic E-state index is -0.560. The first-order chi connectivity index (χ1) is 8.17. The Morgan fingerprint density at radius 3 is 2.53 bits per heavy atom. The van der Waals surface area contributed by atoms with Crippen LogP contribution >= 0.6 is 31.9 Å². The van der Waals surface area contributed by atoms with Gasteiger partial charge >= 0.3 is 5.97 Å². The molecule has 0 aromatic heterocycles. The van der Waals surface area contributed by atoms with Crippen LogP contribution in [0.2, 0.25) is 0 Å². The minimum absolute atomic E-state index is 0.324. The van der Waals surface area contributed by atoms with Gasteiger partial charge in [0, 0.05) is 16.2 Å². The molecule has 1 unspecified atom stereocenters. The third-order valence-electron chi connectivity index (χ3n) is 2.01. The average Bonchev–Trinajstić information content (AvgIpc) is 2.31. The van der Waals surface area contributed by atoms with E-state index in [4.69, 9.17) is 9.47 Å². The van der Waals surface area contributed by atoms with Crippen LogP contribution in [-0.2, 0) is 9.53 Å². The summed E-state index contributed by atoms with van der Waals surface area (Å²) in [6.07, 6.45) is 0.0185. The minimum Gasteiger partial charge on any atom is -0.479 e. The average molecular weight is 366 g/mol. The molecule has 1 aromatic rings. The zero-order valence-corrected chi connectivity index (χ0v) is 12.7. The molecule has 0 aliphatic rings. The number of carbonyl (C=O) groups is 1. The maximum Gasteiger partial charge on any atom is 0.347 e. The highest BCUT2D eigenvalue weighted by Crippen LogP contribution is 2.18. The van der Waals surface area contributed by atoms with Crippen LogP contribution in [0.3, 0.4) is 0 Å². The van der Waals surface area contributed by atoms with E-state index in [1.165, 1.54) is 0 Å². The third-order valence-corrected chi connectivity index (χ3v) is 3.00. The van der Waals surface area contributed by atoms with E-state index in [1.54, 1.807) is 6.92 Å². The standard InChI is InChI=1S/C12H14Br2O3/c1-2-16-12(15)11(7-8-13)17-10-5-3-9(14)4-6-10/h3-6,11H,2,7-8H2,1H3. The van der Waals surface area contributed by atoms with E-state index in [0.717, 1.165) is 4.47 Å². The van der Waals surface area contributed by atoms with Gasteiger partial charge in [-0.05, 0) is 31.2 Å². The van der Waals surface area contributed by atoms with Gasteiger partial charge in [0.2, 0.25) is 0 Å². The van der Waals surface area contributed by atoms with E-state index < -0.39 is 6.10 Å². The molecule has 0 N–H and O–H groups in total. The zero-order chi connectivity index (χ0) is 12.7. The fraction of sp³-hybridized carbons (Fsp3) is 0.417. The van der Waals surface area contributed by atoms with E-state index in [9.17, 15) is 4.79 Å². The molecule has 0 fully saturated rings. The largest absolute Gasteiger partial charge is 0.479 e. The van der Waals surface area contributed by atoms with Crippen LogP contribution in [0, 0.1) is 0 Å². The van der Waals surface area contributed by atoms with Crippen molar-refractivity contribution in [1.82, 2.24) is 0 Å². The molecule has 0 bridgehead atoms. The Balaban J connectivity index is 2.65. The monoisotopic (exact) mass is 364 g/mol. The number of carbonyl (C=O) groups excluding carboxylic acids is 1. The lowest BCUT2D eigenvalue weighted by Gasteiger charge is -2.16. The van der Waals surface area contributed by atoms with Crippen molar-refractivity contribution >= 4 is 37.8 Å². The van der Waals surface area contributed by atoms with Crippen LogP contribution in [0.15, 0.2) is 28.7 Å². The van der Waals surface area contributed by atoms with Crippen molar-refractivity contribution in [2.45, 2.75) is 19.4 Å². The molecular formula is C12H14Br2O3. The second-order valence-electron chi connectivity index (χ2n) is 3.29. The van der Waals surface area contributed by atoms with Gasteiger partial charge in [0.05, 0.1) is 6.61 Å². The van der Waals surface area contributed by atoms with Gasteiger partial charge in [-0.15, -0.1) is 0 Å². The lowest BCUT2D eigenvalue weighted by atomic mass is 10.2. The van der Waals surface area contributed by atoms with E-state index in [1.807, 2.05) is 24.3 Å². The second kappa shape index (κ2) is 7.71. The van der Waals surface area contributed by atoms with Crippen LogP contribution < -0.4 is 4.74 Å². The normalized spacial score (nSPS) is 11.9. The van der Waals surface area contributed by atoms with Crippen LogP contribution in [-0.4, -0.2) is 24.0 Å². The second-order valence-corrected chi connectivity index (χ2v) is 5.00. The summed E-state index contributed by atoms with van der Waals surface area (Å²) in [6.45, 7) is 2.14. The number of esters is 1. The first kappa shape index (κ1) is 14.5. The van der Waals surface area contributed by atoms with Gasteiger partial charge < -0.3 is 9.47 Å². The van der Waals surface area contributed by atoms with Gasteiger partial charge in [0.25, 0.3) is 0 Å². The van der Waals surface area contributed by atoms with Gasteiger partial charge in [-0.1, -0.05) is 31.9 Å². The van der Waals surface area contributed by atoms with Crippen molar-refractivity contribution in [2.24, 2.45) is 0 Å². The number of benzene rings is 1. The lowest BCUT2D eigenvalue weighted by molar-refractivity contribution is -0.151. The molecule has 17 heavy (non-hydrogen) atoms. The molecule has 1 atom stereocenters. The van der Waals surface area contributed by atoms with Crippen molar-refractivity contribution in [3.8, 4) is 5.75 Å². The molecule has 94 valence electrons. The van der Waals surface area contributed by atoms with Gasteiger partial charge in [-0.3, -0.25) is 0 Å². The Morgan fingerprint density at radius 1 is 1.35 bits per heavy atom. The van der Waals surface area contributed by atoms with Crippen molar-refractivity contribution in [2.75, 3.05) is 11.9 Å². The summed E-state index contributed by atoms with van der Waals surface area (Å²) in [7, 11) is 0. The molecule has 0 amide bonds. The van der Waals surface area contributed by atoms with Gasteiger partial charge in [-0.2, -0.15) is 0 Å². The molecule has 5 heteroatoms. The van der Waals surface area contributed by atoms with E-state index in [-0.39, 0.29) is 5.97 Å². The summed E-state index contributed by atoms with van der Waals surface area (Å²) in [5.41, 5.74) is 0. The maximum absolute atomic E-state index is 11.6. The molecule has 0 saturated heterocycles. The predicted molar refractivity (Wildman–Crippen MR) is 73.6 cm³/mol. The van der Waals surface area contributed by atoms with Crippen LogP contribution in [0.4, 0.5) is 0 Å². The first-order valence-electron chi connectivity index (χ1n) is 5.32. The molecule has 0 radical (unpaired) electrons. The lowest BCUT2D eigenvalue weighted by Crippen LogP contribution is -2.29. The Kier molecular flexibility index (Phi) is 6.58.